The van der Waals surface area contributed by atoms with Crippen LogP contribution in [0.1, 0.15) is 342 Å². The van der Waals surface area contributed by atoms with E-state index >= 15 is 0 Å². The van der Waals surface area contributed by atoms with Crippen molar-refractivity contribution < 1.29 is 28.6 Å². The van der Waals surface area contributed by atoms with Gasteiger partial charge in [-0.3, -0.25) is 14.4 Å². The zero-order valence-corrected chi connectivity index (χ0v) is 53.5. The Labute approximate surface area is 502 Å². The third-order valence-corrected chi connectivity index (χ3v) is 15.1. The zero-order chi connectivity index (χ0) is 58.5. The number of ether oxygens (including phenoxy) is 3. The first-order valence-corrected chi connectivity index (χ1v) is 34.7. The van der Waals surface area contributed by atoms with E-state index in [1.807, 2.05) is 0 Å². The lowest BCUT2D eigenvalue weighted by Crippen LogP contribution is -2.30. The van der Waals surface area contributed by atoms with Crippen molar-refractivity contribution in [3.8, 4) is 0 Å². The minimum absolute atomic E-state index is 0.0850. The highest BCUT2D eigenvalue weighted by Crippen LogP contribution is 2.17. The molecule has 0 aromatic carbocycles. The quantitative estimate of drug-likeness (QED) is 0.0261. The molecule has 6 heteroatoms. The summed E-state index contributed by atoms with van der Waals surface area (Å²) in [7, 11) is 0. The van der Waals surface area contributed by atoms with Gasteiger partial charge in [0.15, 0.2) is 6.10 Å². The largest absolute Gasteiger partial charge is 0.462 e. The van der Waals surface area contributed by atoms with E-state index in [2.05, 4.69) is 118 Å². The van der Waals surface area contributed by atoms with Gasteiger partial charge < -0.3 is 14.2 Å². The Morgan fingerprint density at radius 1 is 0.259 bits per heavy atom. The molecule has 6 nitrogen and oxygen atoms in total. The van der Waals surface area contributed by atoms with Crippen LogP contribution in [0.15, 0.2) is 97.2 Å². The summed E-state index contributed by atoms with van der Waals surface area (Å²) in [5.74, 6) is -0.904. The van der Waals surface area contributed by atoms with Crippen LogP contribution in [-0.2, 0) is 28.6 Å². The van der Waals surface area contributed by atoms with Gasteiger partial charge in [-0.1, -0.05) is 317 Å². The van der Waals surface area contributed by atoms with Crippen molar-refractivity contribution in [1.29, 1.82) is 0 Å². The smallest absolute Gasteiger partial charge is 0.306 e. The first-order chi connectivity index (χ1) is 40.0. The van der Waals surface area contributed by atoms with Crippen molar-refractivity contribution >= 4 is 17.9 Å². The molecule has 0 aromatic heterocycles. The van der Waals surface area contributed by atoms with Gasteiger partial charge in [-0.2, -0.15) is 0 Å². The van der Waals surface area contributed by atoms with Gasteiger partial charge in [0.25, 0.3) is 0 Å². The molecule has 0 saturated heterocycles. The molecular weight excluding hydrogens is 997 g/mol. The van der Waals surface area contributed by atoms with E-state index in [1.54, 1.807) is 0 Å². The van der Waals surface area contributed by atoms with Crippen molar-refractivity contribution in [3.05, 3.63) is 97.2 Å². The van der Waals surface area contributed by atoms with E-state index < -0.39 is 6.10 Å². The number of carbonyl (C=O) groups is 3. The Morgan fingerprint density at radius 3 is 0.778 bits per heavy atom. The van der Waals surface area contributed by atoms with Crippen LogP contribution in [0.4, 0.5) is 0 Å². The van der Waals surface area contributed by atoms with Crippen LogP contribution in [0, 0.1) is 0 Å². The summed E-state index contributed by atoms with van der Waals surface area (Å²) in [6, 6.07) is 0. The molecule has 0 rings (SSSR count). The summed E-state index contributed by atoms with van der Waals surface area (Å²) >= 11 is 0. The van der Waals surface area contributed by atoms with Gasteiger partial charge in [0.05, 0.1) is 0 Å². The fourth-order valence-corrected chi connectivity index (χ4v) is 9.89. The second-order valence-corrected chi connectivity index (χ2v) is 23.1. The Bertz CT molecular complexity index is 1580. The molecular formula is C75H130O6. The number of carbonyl (C=O) groups excluding carboxylic acids is 3. The Morgan fingerprint density at radius 2 is 0.481 bits per heavy atom. The molecule has 1 atom stereocenters. The fourth-order valence-electron chi connectivity index (χ4n) is 9.89. The number of hydrogen-bond acceptors (Lipinski definition) is 6. The molecule has 0 fully saturated rings. The topological polar surface area (TPSA) is 78.9 Å². The number of unbranched alkanes of at least 4 members (excludes halogenated alkanes) is 36. The summed E-state index contributed by atoms with van der Waals surface area (Å²) in [6.07, 6.45) is 92.9. The normalized spacial score (nSPS) is 12.7. The van der Waals surface area contributed by atoms with Gasteiger partial charge in [-0.05, 0) is 103 Å². The second kappa shape index (κ2) is 68.8. The van der Waals surface area contributed by atoms with Crippen LogP contribution in [0.5, 0.6) is 0 Å². The van der Waals surface area contributed by atoms with E-state index in [-0.39, 0.29) is 31.1 Å². The van der Waals surface area contributed by atoms with Gasteiger partial charge in [0.1, 0.15) is 13.2 Å². The van der Waals surface area contributed by atoms with E-state index in [0.29, 0.717) is 19.3 Å². The monoisotopic (exact) mass is 1130 g/mol. The van der Waals surface area contributed by atoms with Crippen molar-refractivity contribution in [2.24, 2.45) is 0 Å². The molecule has 466 valence electrons. The highest BCUT2D eigenvalue weighted by Gasteiger charge is 2.19. The standard InChI is InChI=1S/C75H130O6/c1-4-7-10-13-16-19-22-25-27-29-31-33-35-37-39-41-43-45-47-50-53-56-59-62-65-68-74(77)80-71-72(70-79-73(76)67-64-61-58-55-52-49-24-21-18-15-12-9-6-3)81-75(78)69-66-63-60-57-54-51-48-46-44-42-40-38-36-34-32-30-28-26-23-20-17-14-11-8-5-2/h7,10,16,19,25,27,30-33,37,39,43,45,50,53,72H,4-6,8-9,11-15,17-18,20-24,26,28-29,34-36,38,40-42,44,46-49,51-52,54-71H2,1-3H3/b10-7-,19-16-,27-25-,32-30-,33-31-,39-37-,45-43-,53-50-. The van der Waals surface area contributed by atoms with E-state index in [0.717, 1.165) is 109 Å². The molecule has 81 heavy (non-hydrogen) atoms. The first kappa shape index (κ1) is 77.3. The molecule has 0 aromatic rings. The second-order valence-electron chi connectivity index (χ2n) is 23.1. The average molecular weight is 1130 g/mol. The van der Waals surface area contributed by atoms with Crippen molar-refractivity contribution in [1.82, 2.24) is 0 Å². The molecule has 0 bridgehead atoms. The molecule has 0 spiro atoms. The minimum Gasteiger partial charge on any atom is -0.462 e. The number of hydrogen-bond donors (Lipinski definition) is 0. The van der Waals surface area contributed by atoms with Gasteiger partial charge >= 0.3 is 17.9 Å². The highest BCUT2D eigenvalue weighted by molar-refractivity contribution is 5.71. The van der Waals surface area contributed by atoms with Crippen LogP contribution in [0.25, 0.3) is 0 Å². The predicted octanol–water partition coefficient (Wildman–Crippen LogP) is 24.0. The minimum atomic E-state index is -0.792. The number of esters is 3. The van der Waals surface area contributed by atoms with Crippen molar-refractivity contribution in [3.63, 3.8) is 0 Å². The molecule has 1 unspecified atom stereocenters. The summed E-state index contributed by atoms with van der Waals surface area (Å²) in [4.78, 5) is 38.4. The fraction of sp³-hybridized carbons (Fsp3) is 0.747. The van der Waals surface area contributed by atoms with Crippen molar-refractivity contribution in [2.45, 2.75) is 348 Å². The molecule has 0 N–H and O–H groups in total. The lowest BCUT2D eigenvalue weighted by Gasteiger charge is -2.18. The molecule has 0 amide bonds. The van der Waals surface area contributed by atoms with E-state index in [9.17, 15) is 14.4 Å². The van der Waals surface area contributed by atoms with Crippen LogP contribution >= 0.6 is 0 Å². The highest BCUT2D eigenvalue weighted by atomic mass is 16.6. The molecule has 0 aliphatic rings. The maximum absolute atomic E-state index is 13.0. The lowest BCUT2D eigenvalue weighted by atomic mass is 10.0. The van der Waals surface area contributed by atoms with Crippen LogP contribution < -0.4 is 0 Å². The average Bonchev–Trinajstić information content (AvgIpc) is 3.46. The van der Waals surface area contributed by atoms with Crippen LogP contribution in [0.3, 0.4) is 0 Å². The van der Waals surface area contributed by atoms with Gasteiger partial charge in [0, 0.05) is 19.3 Å². The van der Waals surface area contributed by atoms with Crippen molar-refractivity contribution in [2.75, 3.05) is 13.2 Å². The van der Waals surface area contributed by atoms with Crippen LogP contribution in [-0.4, -0.2) is 37.2 Å². The molecule has 0 saturated carbocycles. The molecule has 0 aliphatic heterocycles. The molecule has 0 heterocycles. The maximum atomic E-state index is 13.0. The zero-order valence-electron chi connectivity index (χ0n) is 53.5. The Hall–Kier alpha value is -3.67. The summed E-state index contributed by atoms with van der Waals surface area (Å²) < 4.78 is 16.9. The van der Waals surface area contributed by atoms with E-state index in [1.165, 1.54) is 193 Å². The Balaban J connectivity index is 4.36. The number of rotatable bonds is 63. The SMILES string of the molecule is CC/C=C\C/C=C\C/C=C\C/C=C\C/C=C\C/C=C\C/C=C\CCCCCC(=O)OCC(COC(=O)CCCCCCCCCCCCCCC)OC(=O)CCCCCCCCCCCCCCC/C=C\CCCCCCCCCC. The third-order valence-electron chi connectivity index (χ3n) is 15.1. The lowest BCUT2D eigenvalue weighted by molar-refractivity contribution is -0.167. The maximum Gasteiger partial charge on any atom is 0.306 e. The summed E-state index contributed by atoms with van der Waals surface area (Å²) in [6.45, 7) is 6.54. The summed E-state index contributed by atoms with van der Waals surface area (Å²) in [5.41, 5.74) is 0. The number of allylic oxidation sites excluding steroid dienone is 16. The Kier molecular flexibility index (Phi) is 65.7. The molecule has 0 radical (unpaired) electrons. The predicted molar refractivity (Wildman–Crippen MR) is 353 cm³/mol. The van der Waals surface area contributed by atoms with Crippen LogP contribution in [0.2, 0.25) is 0 Å². The molecule has 0 aliphatic carbocycles. The van der Waals surface area contributed by atoms with Gasteiger partial charge in [-0.15, -0.1) is 0 Å². The van der Waals surface area contributed by atoms with E-state index in [4.69, 9.17) is 14.2 Å². The summed E-state index contributed by atoms with van der Waals surface area (Å²) in [5, 5.41) is 0. The van der Waals surface area contributed by atoms with Gasteiger partial charge in [-0.25, -0.2) is 0 Å². The van der Waals surface area contributed by atoms with Gasteiger partial charge in [0.2, 0.25) is 0 Å². The first-order valence-electron chi connectivity index (χ1n) is 34.7. The third kappa shape index (κ3) is 67.0.